The van der Waals surface area contributed by atoms with Gasteiger partial charge in [0.2, 0.25) is 0 Å². The molecule has 7 heteroatoms. The number of carboxylic acid groups (broad SMARTS) is 1. The molecule has 0 unspecified atom stereocenters. The molecule has 0 atom stereocenters. The van der Waals surface area contributed by atoms with Gasteiger partial charge >= 0.3 is 5.97 Å². The van der Waals surface area contributed by atoms with Gasteiger partial charge in [-0.2, -0.15) is 5.26 Å². The maximum Gasteiger partial charge on any atom is 0.358 e. The first kappa shape index (κ1) is 11.6. The molecule has 0 spiro atoms. The molecule has 2 N–H and O–H groups in total. The van der Waals surface area contributed by atoms with Crippen molar-refractivity contribution in [1.29, 1.82) is 5.26 Å². The van der Waals surface area contributed by atoms with Crippen molar-refractivity contribution in [3.05, 3.63) is 35.7 Å². The number of anilines is 1. The van der Waals surface area contributed by atoms with Gasteiger partial charge in [-0.15, -0.1) is 5.10 Å². The van der Waals surface area contributed by atoms with E-state index < -0.39 is 5.97 Å². The maximum atomic E-state index is 10.9. The van der Waals surface area contributed by atoms with Crippen LogP contribution in [0.15, 0.2) is 24.3 Å². The van der Waals surface area contributed by atoms with E-state index >= 15 is 0 Å². The van der Waals surface area contributed by atoms with Crippen molar-refractivity contribution in [3.63, 3.8) is 0 Å². The molecular formula is C11H9N5O2. The van der Waals surface area contributed by atoms with Crippen molar-refractivity contribution < 1.29 is 9.90 Å². The van der Waals surface area contributed by atoms with Crippen LogP contribution in [-0.4, -0.2) is 26.1 Å². The average Bonchev–Trinajstić information content (AvgIpc) is 2.72. The Labute approximate surface area is 102 Å². The standard InChI is InChI=1S/C11H9N5O2/c1-7-10(11(17)18)14-15-16(7)9-4-2-3-8(5-9)13-6-12/h2-5,13H,1H3,(H,17,18). The highest BCUT2D eigenvalue weighted by Gasteiger charge is 2.15. The van der Waals surface area contributed by atoms with Gasteiger partial charge in [-0.05, 0) is 25.1 Å². The smallest absolute Gasteiger partial charge is 0.358 e. The van der Waals surface area contributed by atoms with Crippen molar-refractivity contribution in [2.45, 2.75) is 6.92 Å². The van der Waals surface area contributed by atoms with Gasteiger partial charge in [0.15, 0.2) is 11.9 Å². The Morgan fingerprint density at radius 1 is 1.56 bits per heavy atom. The van der Waals surface area contributed by atoms with Gasteiger partial charge < -0.3 is 5.11 Å². The van der Waals surface area contributed by atoms with Crippen molar-refractivity contribution >= 4 is 11.7 Å². The molecular weight excluding hydrogens is 234 g/mol. The van der Waals surface area contributed by atoms with Gasteiger partial charge in [-0.25, -0.2) is 9.48 Å². The van der Waals surface area contributed by atoms with E-state index in [2.05, 4.69) is 15.6 Å². The summed E-state index contributed by atoms with van der Waals surface area (Å²) in [7, 11) is 0. The molecule has 18 heavy (non-hydrogen) atoms. The van der Waals surface area contributed by atoms with E-state index in [1.165, 1.54) is 4.68 Å². The second kappa shape index (κ2) is 4.55. The van der Waals surface area contributed by atoms with Crippen LogP contribution < -0.4 is 5.32 Å². The largest absolute Gasteiger partial charge is 0.476 e. The van der Waals surface area contributed by atoms with Crippen LogP contribution in [0, 0.1) is 18.4 Å². The molecule has 90 valence electrons. The zero-order valence-electron chi connectivity index (χ0n) is 9.45. The Bertz CT molecular complexity index is 641. The number of aromatic carboxylic acids is 1. The van der Waals surface area contributed by atoms with Crippen LogP contribution >= 0.6 is 0 Å². The highest BCUT2D eigenvalue weighted by molar-refractivity contribution is 5.86. The highest BCUT2D eigenvalue weighted by atomic mass is 16.4. The van der Waals surface area contributed by atoms with Gasteiger partial charge in [0.1, 0.15) is 0 Å². The molecule has 7 nitrogen and oxygen atoms in total. The topological polar surface area (TPSA) is 104 Å². The number of hydrogen-bond acceptors (Lipinski definition) is 5. The number of benzene rings is 1. The quantitative estimate of drug-likeness (QED) is 0.619. The highest BCUT2D eigenvalue weighted by Crippen LogP contribution is 2.16. The van der Waals surface area contributed by atoms with Crippen molar-refractivity contribution in [2.24, 2.45) is 0 Å². The van der Waals surface area contributed by atoms with Crippen LogP contribution in [0.3, 0.4) is 0 Å². The van der Waals surface area contributed by atoms with E-state index in [9.17, 15) is 4.79 Å². The second-order valence-electron chi connectivity index (χ2n) is 3.53. The van der Waals surface area contributed by atoms with Crippen LogP contribution in [0.5, 0.6) is 0 Å². The summed E-state index contributed by atoms with van der Waals surface area (Å²) in [6.45, 7) is 1.62. The number of hydrogen-bond donors (Lipinski definition) is 2. The van der Waals surface area contributed by atoms with Gasteiger partial charge in [0.05, 0.1) is 11.4 Å². The Balaban J connectivity index is 2.46. The SMILES string of the molecule is Cc1c(C(=O)O)nnn1-c1cccc(NC#N)c1. The molecule has 0 fully saturated rings. The summed E-state index contributed by atoms with van der Waals surface area (Å²) in [5.41, 5.74) is 1.57. The molecule has 0 radical (unpaired) electrons. The molecule has 2 aromatic rings. The van der Waals surface area contributed by atoms with E-state index in [4.69, 9.17) is 10.4 Å². The van der Waals surface area contributed by atoms with Gasteiger partial charge in [-0.3, -0.25) is 5.32 Å². The van der Waals surface area contributed by atoms with E-state index in [0.29, 0.717) is 17.1 Å². The predicted molar refractivity (Wildman–Crippen MR) is 62.3 cm³/mol. The summed E-state index contributed by atoms with van der Waals surface area (Å²) in [6, 6.07) is 6.88. The first-order chi connectivity index (χ1) is 8.63. The lowest BCUT2D eigenvalue weighted by Gasteiger charge is -2.04. The Kier molecular flexibility index (Phi) is 2.93. The van der Waals surface area contributed by atoms with Crippen LogP contribution in [-0.2, 0) is 0 Å². The molecule has 0 aliphatic carbocycles. The maximum absolute atomic E-state index is 10.9. The monoisotopic (exact) mass is 243 g/mol. The van der Waals surface area contributed by atoms with Crippen molar-refractivity contribution in [3.8, 4) is 11.9 Å². The van der Waals surface area contributed by atoms with Crippen LogP contribution in [0.4, 0.5) is 5.69 Å². The number of nitrogens with one attached hydrogen (secondary N) is 1. The summed E-state index contributed by atoms with van der Waals surface area (Å²) in [5, 5.41) is 27.3. The molecule has 0 bridgehead atoms. The Morgan fingerprint density at radius 3 is 2.94 bits per heavy atom. The van der Waals surface area contributed by atoms with Gasteiger partial charge in [0, 0.05) is 5.69 Å². The lowest BCUT2D eigenvalue weighted by molar-refractivity contribution is 0.0689. The first-order valence-corrected chi connectivity index (χ1v) is 5.04. The minimum absolute atomic E-state index is 0.0892. The van der Waals surface area contributed by atoms with Crippen LogP contribution in [0.25, 0.3) is 5.69 Å². The van der Waals surface area contributed by atoms with Crippen molar-refractivity contribution in [1.82, 2.24) is 15.0 Å². The number of nitrogens with zero attached hydrogens (tertiary/aromatic N) is 4. The summed E-state index contributed by atoms with van der Waals surface area (Å²) < 4.78 is 1.41. The Hall–Kier alpha value is -2.88. The molecule has 1 aromatic carbocycles. The fraction of sp³-hybridized carbons (Fsp3) is 0.0909. The molecule has 1 aromatic heterocycles. The zero-order chi connectivity index (χ0) is 13.1. The lowest BCUT2D eigenvalue weighted by Crippen LogP contribution is -2.03. The van der Waals surface area contributed by atoms with Gasteiger partial charge in [-0.1, -0.05) is 11.3 Å². The number of nitriles is 1. The summed E-state index contributed by atoms with van der Waals surface area (Å²) >= 11 is 0. The second-order valence-corrected chi connectivity index (χ2v) is 3.53. The summed E-state index contributed by atoms with van der Waals surface area (Å²) in [6.07, 6.45) is 1.81. The van der Waals surface area contributed by atoms with E-state index in [1.54, 1.807) is 31.2 Å². The third kappa shape index (κ3) is 1.99. The fourth-order valence-electron chi connectivity index (χ4n) is 1.55. The number of carbonyl (C=O) groups is 1. The fourth-order valence-corrected chi connectivity index (χ4v) is 1.55. The summed E-state index contributed by atoms with van der Waals surface area (Å²) in [4.78, 5) is 10.9. The number of aromatic nitrogens is 3. The van der Waals surface area contributed by atoms with Gasteiger partial charge in [0.25, 0.3) is 0 Å². The van der Waals surface area contributed by atoms with E-state index in [0.717, 1.165) is 0 Å². The minimum Gasteiger partial charge on any atom is -0.476 e. The molecule has 0 saturated carbocycles. The minimum atomic E-state index is -1.12. The molecule has 0 amide bonds. The lowest BCUT2D eigenvalue weighted by atomic mass is 10.2. The van der Waals surface area contributed by atoms with E-state index in [1.807, 2.05) is 6.19 Å². The zero-order valence-corrected chi connectivity index (χ0v) is 9.45. The average molecular weight is 243 g/mol. The number of carboxylic acids is 1. The first-order valence-electron chi connectivity index (χ1n) is 5.04. The third-order valence-corrected chi connectivity index (χ3v) is 2.39. The molecule has 0 aliphatic rings. The van der Waals surface area contributed by atoms with Crippen molar-refractivity contribution in [2.75, 3.05) is 5.32 Å². The summed E-state index contributed by atoms with van der Waals surface area (Å²) in [5.74, 6) is -1.12. The molecule has 0 aliphatic heterocycles. The number of rotatable bonds is 3. The predicted octanol–water partition coefficient (Wildman–Crippen LogP) is 1.17. The molecule has 1 heterocycles. The third-order valence-electron chi connectivity index (χ3n) is 2.39. The van der Waals surface area contributed by atoms with Crippen LogP contribution in [0.1, 0.15) is 16.2 Å². The van der Waals surface area contributed by atoms with E-state index in [-0.39, 0.29) is 5.69 Å². The molecule has 0 saturated heterocycles. The normalized spacial score (nSPS) is 9.78. The van der Waals surface area contributed by atoms with Crippen LogP contribution in [0.2, 0.25) is 0 Å². The Morgan fingerprint density at radius 2 is 2.33 bits per heavy atom. The molecule has 2 rings (SSSR count).